The first-order chi connectivity index (χ1) is 9.60. The van der Waals surface area contributed by atoms with Crippen molar-refractivity contribution in [1.82, 2.24) is 19.6 Å². The number of methoxy groups -OCH3 is 1. The molecule has 0 aliphatic carbocycles. The van der Waals surface area contributed by atoms with E-state index in [-0.39, 0.29) is 17.5 Å². The maximum atomic E-state index is 13.7. The van der Waals surface area contributed by atoms with Crippen LogP contribution in [0.1, 0.15) is 0 Å². The van der Waals surface area contributed by atoms with Gasteiger partial charge in [-0.3, -0.25) is 4.79 Å². The van der Waals surface area contributed by atoms with Gasteiger partial charge in [0.25, 0.3) is 5.56 Å². The number of hydrogen-bond donors (Lipinski definition) is 2. The molecular weight excluding hydrogens is 265 g/mol. The summed E-state index contributed by atoms with van der Waals surface area (Å²) in [5.74, 6) is -0.195. The molecule has 0 unspecified atom stereocenters. The van der Waals surface area contributed by atoms with Gasteiger partial charge >= 0.3 is 0 Å². The van der Waals surface area contributed by atoms with Crippen LogP contribution in [0.15, 0.2) is 29.1 Å². The number of fused-ring (bicyclic) bond motifs is 1. The highest BCUT2D eigenvalue weighted by atomic mass is 19.1. The van der Waals surface area contributed by atoms with Gasteiger partial charge in [-0.15, -0.1) is 5.10 Å². The number of anilines is 1. The molecule has 3 aromatic rings. The number of rotatable bonds is 2. The molecule has 8 heteroatoms. The minimum absolute atomic E-state index is 0.0185. The molecule has 0 aliphatic rings. The fraction of sp³-hybridized carbons (Fsp3) is 0.0833. The predicted octanol–water partition coefficient (Wildman–Crippen LogP) is 0.814. The maximum Gasteiger partial charge on any atom is 0.262 e. The van der Waals surface area contributed by atoms with E-state index in [2.05, 4.69) is 15.2 Å². The molecule has 0 amide bonds. The Morgan fingerprint density at radius 1 is 1.40 bits per heavy atom. The number of benzene rings is 1. The van der Waals surface area contributed by atoms with Crippen molar-refractivity contribution in [3.63, 3.8) is 0 Å². The molecule has 0 spiro atoms. The van der Waals surface area contributed by atoms with Gasteiger partial charge in [0, 0.05) is 11.6 Å². The summed E-state index contributed by atoms with van der Waals surface area (Å²) in [5, 5.41) is 6.23. The van der Waals surface area contributed by atoms with Crippen molar-refractivity contribution in [3.8, 4) is 17.0 Å². The number of ether oxygens (including phenoxy) is 1. The first kappa shape index (κ1) is 12.2. The van der Waals surface area contributed by atoms with Gasteiger partial charge in [0.05, 0.1) is 12.8 Å². The van der Waals surface area contributed by atoms with E-state index in [0.717, 1.165) is 4.40 Å². The number of nitrogen functional groups attached to an aromatic ring is 1. The molecule has 7 nitrogen and oxygen atoms in total. The van der Waals surface area contributed by atoms with Gasteiger partial charge in [-0.05, 0) is 18.2 Å². The Hall–Kier alpha value is -2.90. The summed E-state index contributed by atoms with van der Waals surface area (Å²) < 4.78 is 19.6. The summed E-state index contributed by atoms with van der Waals surface area (Å²) in [6.07, 6.45) is 0. The van der Waals surface area contributed by atoms with Gasteiger partial charge in [-0.1, -0.05) is 0 Å². The summed E-state index contributed by atoms with van der Waals surface area (Å²) in [6.45, 7) is 0. The summed E-state index contributed by atoms with van der Waals surface area (Å²) >= 11 is 0. The first-order valence-corrected chi connectivity index (χ1v) is 5.67. The number of nitrogens with one attached hydrogen (secondary N) is 1. The van der Waals surface area contributed by atoms with Crippen LogP contribution in [-0.2, 0) is 0 Å². The molecule has 0 saturated carbocycles. The number of nitrogens with zero attached hydrogens (tertiary/aromatic N) is 3. The van der Waals surface area contributed by atoms with Gasteiger partial charge in [0.1, 0.15) is 0 Å². The fourth-order valence-corrected chi connectivity index (χ4v) is 1.91. The topological polar surface area (TPSA) is 98.3 Å². The Kier molecular flexibility index (Phi) is 2.63. The molecule has 0 radical (unpaired) electrons. The van der Waals surface area contributed by atoms with E-state index >= 15 is 0 Å². The van der Waals surface area contributed by atoms with Crippen LogP contribution in [-0.4, -0.2) is 26.7 Å². The average Bonchev–Trinajstić information content (AvgIpc) is 2.80. The third-order valence-corrected chi connectivity index (χ3v) is 2.87. The van der Waals surface area contributed by atoms with Crippen molar-refractivity contribution < 1.29 is 9.13 Å². The molecular formula is C12H10FN5O2. The lowest BCUT2D eigenvalue weighted by atomic mass is 10.1. The minimum Gasteiger partial charge on any atom is -0.494 e. The van der Waals surface area contributed by atoms with Crippen molar-refractivity contribution >= 4 is 11.7 Å². The molecule has 2 heterocycles. The van der Waals surface area contributed by atoms with Crippen LogP contribution in [0.3, 0.4) is 0 Å². The normalized spacial score (nSPS) is 10.9. The first-order valence-electron chi connectivity index (χ1n) is 5.67. The second-order valence-electron chi connectivity index (χ2n) is 4.07. The lowest BCUT2D eigenvalue weighted by Crippen LogP contribution is -2.15. The van der Waals surface area contributed by atoms with Crippen LogP contribution in [0.5, 0.6) is 5.75 Å². The molecule has 1 aromatic carbocycles. The minimum atomic E-state index is -0.531. The SMILES string of the molecule is COc1ccc(-c2cc(=O)n3c(N)n[nH]c3n2)cc1F. The molecule has 3 rings (SSSR count). The molecule has 0 fully saturated rings. The number of hydrogen-bond acceptors (Lipinski definition) is 5. The zero-order valence-electron chi connectivity index (χ0n) is 10.4. The summed E-state index contributed by atoms with van der Waals surface area (Å²) in [7, 11) is 1.38. The van der Waals surface area contributed by atoms with Crippen LogP contribution in [0.4, 0.5) is 10.3 Å². The van der Waals surface area contributed by atoms with E-state index in [4.69, 9.17) is 10.5 Å². The lowest BCUT2D eigenvalue weighted by molar-refractivity contribution is 0.386. The molecule has 0 bridgehead atoms. The zero-order chi connectivity index (χ0) is 14.3. The highest BCUT2D eigenvalue weighted by Gasteiger charge is 2.11. The number of halogens is 1. The van der Waals surface area contributed by atoms with Gasteiger partial charge in [-0.25, -0.2) is 18.9 Å². The van der Waals surface area contributed by atoms with Crippen LogP contribution >= 0.6 is 0 Å². The number of aromatic nitrogens is 4. The third kappa shape index (κ3) is 1.78. The standard InChI is InChI=1S/C12H10FN5O2/c1-20-9-3-2-6(4-7(9)13)8-5-10(19)18-11(14)16-17-12(18)15-8/h2-5H,1H3,(H2,14,16)(H,15,17). The van der Waals surface area contributed by atoms with E-state index < -0.39 is 11.4 Å². The molecule has 0 atom stereocenters. The van der Waals surface area contributed by atoms with Crippen LogP contribution in [0, 0.1) is 5.82 Å². The Bertz CT molecular complexity index is 855. The number of nitrogens with two attached hydrogens (primary N) is 1. The Balaban J connectivity index is 2.19. The van der Waals surface area contributed by atoms with Gasteiger partial charge in [0.15, 0.2) is 11.6 Å². The van der Waals surface area contributed by atoms with Crippen LogP contribution < -0.4 is 16.0 Å². The van der Waals surface area contributed by atoms with E-state index in [1.165, 1.54) is 25.3 Å². The molecule has 0 saturated heterocycles. The zero-order valence-corrected chi connectivity index (χ0v) is 10.4. The lowest BCUT2D eigenvalue weighted by Gasteiger charge is -2.05. The number of aromatic amines is 1. The molecule has 102 valence electrons. The van der Waals surface area contributed by atoms with E-state index in [9.17, 15) is 9.18 Å². The van der Waals surface area contributed by atoms with Crippen LogP contribution in [0.25, 0.3) is 17.0 Å². The molecule has 20 heavy (non-hydrogen) atoms. The summed E-state index contributed by atoms with van der Waals surface area (Å²) in [5.41, 5.74) is 5.91. The predicted molar refractivity (Wildman–Crippen MR) is 70.0 cm³/mol. The quantitative estimate of drug-likeness (QED) is 0.721. The molecule has 3 N–H and O–H groups in total. The van der Waals surface area contributed by atoms with Gasteiger partial charge in [0.2, 0.25) is 11.7 Å². The van der Waals surface area contributed by atoms with Gasteiger partial charge in [-0.2, -0.15) is 0 Å². The van der Waals surface area contributed by atoms with Crippen molar-refractivity contribution in [3.05, 3.63) is 40.4 Å². The van der Waals surface area contributed by atoms with Crippen molar-refractivity contribution in [1.29, 1.82) is 0 Å². The van der Waals surface area contributed by atoms with E-state index in [0.29, 0.717) is 11.3 Å². The van der Waals surface area contributed by atoms with Crippen LogP contribution in [0.2, 0.25) is 0 Å². The summed E-state index contributed by atoms with van der Waals surface area (Å²) in [4.78, 5) is 16.1. The average molecular weight is 275 g/mol. The van der Waals surface area contributed by atoms with Crippen molar-refractivity contribution in [2.75, 3.05) is 12.8 Å². The second kappa shape index (κ2) is 4.34. The third-order valence-electron chi connectivity index (χ3n) is 2.87. The second-order valence-corrected chi connectivity index (χ2v) is 4.07. The van der Waals surface area contributed by atoms with E-state index in [1.807, 2.05) is 0 Å². The van der Waals surface area contributed by atoms with Crippen molar-refractivity contribution in [2.45, 2.75) is 0 Å². The van der Waals surface area contributed by atoms with Gasteiger partial charge < -0.3 is 10.5 Å². The van der Waals surface area contributed by atoms with Crippen molar-refractivity contribution in [2.24, 2.45) is 0 Å². The molecule has 2 aromatic heterocycles. The Labute approximate surface area is 111 Å². The highest BCUT2D eigenvalue weighted by molar-refractivity contribution is 5.62. The monoisotopic (exact) mass is 275 g/mol. The Morgan fingerprint density at radius 2 is 2.20 bits per heavy atom. The summed E-state index contributed by atoms with van der Waals surface area (Å²) in [6, 6.07) is 5.59. The molecule has 0 aliphatic heterocycles. The maximum absolute atomic E-state index is 13.7. The Morgan fingerprint density at radius 3 is 2.90 bits per heavy atom. The highest BCUT2D eigenvalue weighted by Crippen LogP contribution is 2.23. The number of H-pyrrole nitrogens is 1. The fourth-order valence-electron chi connectivity index (χ4n) is 1.91. The van der Waals surface area contributed by atoms with E-state index in [1.54, 1.807) is 6.07 Å². The largest absolute Gasteiger partial charge is 0.494 e. The smallest absolute Gasteiger partial charge is 0.262 e.